The highest BCUT2D eigenvalue weighted by molar-refractivity contribution is 5.88. The molecule has 1 aliphatic heterocycles. The summed E-state index contributed by atoms with van der Waals surface area (Å²) in [5.74, 6) is -0.204. The van der Waals surface area contributed by atoms with Crippen molar-refractivity contribution in [3.63, 3.8) is 0 Å². The van der Waals surface area contributed by atoms with Gasteiger partial charge in [0.25, 0.3) is 0 Å². The molecular weight excluding hydrogens is 418 g/mol. The number of nitrogens with zero attached hydrogens (tertiary/aromatic N) is 4. The minimum Gasteiger partial charge on any atom is -0.497 e. The van der Waals surface area contributed by atoms with Gasteiger partial charge in [-0.25, -0.2) is 9.97 Å². The van der Waals surface area contributed by atoms with Gasteiger partial charge < -0.3 is 19.7 Å². The summed E-state index contributed by atoms with van der Waals surface area (Å²) in [7, 11) is 1.60. The van der Waals surface area contributed by atoms with Gasteiger partial charge in [0.2, 0.25) is 5.91 Å². The van der Waals surface area contributed by atoms with Crippen molar-refractivity contribution in [2.24, 2.45) is 0 Å². The molecule has 4 rings (SSSR count). The minimum atomic E-state index is -1.09. The first-order chi connectivity index (χ1) is 16.0. The first kappa shape index (κ1) is 22.5. The average Bonchev–Trinajstić information content (AvgIpc) is 2.82. The fourth-order valence-electron chi connectivity index (χ4n) is 4.06. The molecule has 0 aliphatic carbocycles. The van der Waals surface area contributed by atoms with E-state index in [2.05, 4.69) is 16.3 Å². The summed E-state index contributed by atoms with van der Waals surface area (Å²) in [6.07, 6.45) is -0.00129. The molecule has 1 fully saturated rings. The number of morpholine rings is 1. The SMILES string of the molecule is COc1ccc(CNC(=O)C(C#N)c2nc3ccccc3nc2N2CC(C)OC(C)C2)cc1. The summed E-state index contributed by atoms with van der Waals surface area (Å²) in [6.45, 7) is 5.51. The van der Waals surface area contributed by atoms with Gasteiger partial charge in [0.05, 0.1) is 36.4 Å². The summed E-state index contributed by atoms with van der Waals surface area (Å²) < 4.78 is 11.0. The van der Waals surface area contributed by atoms with Crippen molar-refractivity contribution in [3.8, 4) is 11.8 Å². The standard InChI is InChI=1S/C25H27N5O3/c1-16-14-30(15-17(2)33-16)24-23(28-21-6-4-5-7-22(21)29-24)20(12-26)25(31)27-13-18-8-10-19(32-3)11-9-18/h4-11,16-17,20H,13-15H2,1-3H3,(H,27,31). The number of carbonyl (C=O) groups is 1. The second-order valence-corrected chi connectivity index (χ2v) is 8.21. The van der Waals surface area contributed by atoms with Crippen LogP contribution < -0.4 is 15.0 Å². The van der Waals surface area contributed by atoms with Crippen molar-refractivity contribution in [1.29, 1.82) is 5.26 Å². The normalized spacial score (nSPS) is 19.0. The number of aromatic nitrogens is 2. The second kappa shape index (κ2) is 9.84. The van der Waals surface area contributed by atoms with Crippen molar-refractivity contribution in [1.82, 2.24) is 15.3 Å². The molecule has 170 valence electrons. The lowest BCUT2D eigenvalue weighted by molar-refractivity contribution is -0.121. The number of carbonyl (C=O) groups excluding carboxylic acids is 1. The van der Waals surface area contributed by atoms with Gasteiger partial charge in [-0.15, -0.1) is 0 Å². The molecule has 8 nitrogen and oxygen atoms in total. The van der Waals surface area contributed by atoms with Crippen molar-refractivity contribution in [2.45, 2.75) is 38.5 Å². The lowest BCUT2D eigenvalue weighted by atomic mass is 10.0. The Kier molecular flexibility index (Phi) is 6.71. The summed E-state index contributed by atoms with van der Waals surface area (Å²) in [4.78, 5) is 24.7. The van der Waals surface area contributed by atoms with Gasteiger partial charge in [0.1, 0.15) is 11.4 Å². The number of fused-ring (bicyclic) bond motifs is 1. The Labute approximate surface area is 193 Å². The molecule has 3 atom stereocenters. The fraction of sp³-hybridized carbons (Fsp3) is 0.360. The Hall–Kier alpha value is -3.70. The Bertz CT molecular complexity index is 1160. The van der Waals surface area contributed by atoms with Crippen LogP contribution in [0.25, 0.3) is 11.0 Å². The molecule has 1 amide bonds. The number of hydrogen-bond donors (Lipinski definition) is 1. The molecule has 8 heteroatoms. The second-order valence-electron chi connectivity index (χ2n) is 8.21. The summed E-state index contributed by atoms with van der Waals surface area (Å²) in [5, 5.41) is 12.8. The van der Waals surface area contributed by atoms with Crippen LogP contribution in [0.15, 0.2) is 48.5 Å². The molecule has 2 heterocycles. The molecule has 1 aliphatic rings. The zero-order valence-electron chi connectivity index (χ0n) is 19.0. The van der Waals surface area contributed by atoms with Crippen LogP contribution in [-0.4, -0.2) is 48.3 Å². The van der Waals surface area contributed by atoms with Gasteiger partial charge in [-0.3, -0.25) is 4.79 Å². The summed E-state index contributed by atoms with van der Waals surface area (Å²) in [6, 6.07) is 17.0. The van der Waals surface area contributed by atoms with E-state index in [0.717, 1.165) is 16.8 Å². The number of amides is 1. The molecule has 3 unspecified atom stereocenters. The van der Waals surface area contributed by atoms with Crippen LogP contribution in [0.5, 0.6) is 5.75 Å². The third kappa shape index (κ3) is 5.04. The van der Waals surface area contributed by atoms with Crippen LogP contribution in [0.1, 0.15) is 31.0 Å². The quantitative estimate of drug-likeness (QED) is 0.622. The first-order valence-corrected chi connectivity index (χ1v) is 11.0. The summed E-state index contributed by atoms with van der Waals surface area (Å²) in [5.41, 5.74) is 2.64. The van der Waals surface area contributed by atoms with Gasteiger partial charge in [-0.1, -0.05) is 24.3 Å². The third-order valence-corrected chi connectivity index (χ3v) is 5.59. The number of para-hydroxylation sites is 2. The van der Waals surface area contributed by atoms with E-state index in [4.69, 9.17) is 19.4 Å². The Morgan fingerprint density at radius 3 is 2.39 bits per heavy atom. The maximum atomic E-state index is 13.1. The number of rotatable bonds is 6. The highest BCUT2D eigenvalue weighted by atomic mass is 16.5. The average molecular weight is 446 g/mol. The van der Waals surface area contributed by atoms with Crippen LogP contribution in [0.2, 0.25) is 0 Å². The lowest BCUT2D eigenvalue weighted by Gasteiger charge is -2.37. The number of anilines is 1. The predicted octanol–water partition coefficient (Wildman–Crippen LogP) is 3.18. The minimum absolute atomic E-state index is 0.000644. The number of benzene rings is 2. The fourth-order valence-corrected chi connectivity index (χ4v) is 4.06. The highest BCUT2D eigenvalue weighted by Gasteiger charge is 2.31. The number of ether oxygens (including phenoxy) is 2. The molecular formula is C25H27N5O3. The topological polar surface area (TPSA) is 100 Å². The zero-order chi connectivity index (χ0) is 23.4. The Balaban J connectivity index is 1.64. The van der Waals surface area contributed by atoms with E-state index in [1.807, 2.05) is 62.4 Å². The van der Waals surface area contributed by atoms with Crippen molar-refractivity contribution >= 4 is 22.8 Å². The maximum absolute atomic E-state index is 13.1. The summed E-state index contributed by atoms with van der Waals surface area (Å²) >= 11 is 0. The molecule has 0 spiro atoms. The van der Waals surface area contributed by atoms with Gasteiger partial charge in [0, 0.05) is 19.6 Å². The van der Waals surface area contributed by atoms with Crippen molar-refractivity contribution in [3.05, 3.63) is 59.8 Å². The Morgan fingerprint density at radius 1 is 1.15 bits per heavy atom. The third-order valence-electron chi connectivity index (χ3n) is 5.59. The molecule has 0 bridgehead atoms. The molecule has 33 heavy (non-hydrogen) atoms. The van der Waals surface area contributed by atoms with Crippen LogP contribution in [0, 0.1) is 11.3 Å². The van der Waals surface area contributed by atoms with E-state index < -0.39 is 11.8 Å². The van der Waals surface area contributed by atoms with E-state index in [1.54, 1.807) is 7.11 Å². The van der Waals surface area contributed by atoms with Gasteiger partial charge in [0.15, 0.2) is 11.7 Å². The van der Waals surface area contributed by atoms with Crippen LogP contribution >= 0.6 is 0 Å². The van der Waals surface area contributed by atoms with E-state index >= 15 is 0 Å². The Morgan fingerprint density at radius 2 is 1.79 bits per heavy atom. The lowest BCUT2D eigenvalue weighted by Crippen LogP contribution is -2.46. The highest BCUT2D eigenvalue weighted by Crippen LogP contribution is 2.29. The first-order valence-electron chi connectivity index (χ1n) is 11.0. The van der Waals surface area contributed by atoms with Crippen molar-refractivity contribution < 1.29 is 14.3 Å². The van der Waals surface area contributed by atoms with Gasteiger partial charge in [-0.05, 0) is 43.7 Å². The monoisotopic (exact) mass is 445 g/mol. The van der Waals surface area contributed by atoms with E-state index in [1.165, 1.54) is 0 Å². The predicted molar refractivity (Wildman–Crippen MR) is 125 cm³/mol. The van der Waals surface area contributed by atoms with Crippen LogP contribution in [-0.2, 0) is 16.1 Å². The molecule has 1 aromatic heterocycles. The van der Waals surface area contributed by atoms with Crippen LogP contribution in [0.3, 0.4) is 0 Å². The molecule has 1 N–H and O–H groups in total. The number of nitrogens with one attached hydrogen (secondary N) is 1. The van der Waals surface area contributed by atoms with Crippen molar-refractivity contribution in [2.75, 3.05) is 25.1 Å². The smallest absolute Gasteiger partial charge is 0.243 e. The van der Waals surface area contributed by atoms with Crippen LogP contribution in [0.4, 0.5) is 5.82 Å². The molecule has 1 saturated heterocycles. The van der Waals surface area contributed by atoms with E-state index in [-0.39, 0.29) is 12.2 Å². The maximum Gasteiger partial charge on any atom is 0.243 e. The van der Waals surface area contributed by atoms with Gasteiger partial charge >= 0.3 is 0 Å². The van der Waals surface area contributed by atoms with Gasteiger partial charge in [-0.2, -0.15) is 5.26 Å². The van der Waals surface area contributed by atoms with E-state index in [0.29, 0.717) is 36.7 Å². The zero-order valence-corrected chi connectivity index (χ0v) is 19.0. The molecule has 2 aromatic carbocycles. The molecule has 0 saturated carbocycles. The molecule has 3 aromatic rings. The number of methoxy groups -OCH3 is 1. The molecule has 0 radical (unpaired) electrons. The number of hydrogen-bond acceptors (Lipinski definition) is 7. The number of nitriles is 1. The largest absolute Gasteiger partial charge is 0.497 e. The van der Waals surface area contributed by atoms with E-state index in [9.17, 15) is 10.1 Å².